The summed E-state index contributed by atoms with van der Waals surface area (Å²) in [4.78, 5) is -1.12. The van der Waals surface area contributed by atoms with Gasteiger partial charge in [-0.1, -0.05) is 19.9 Å². The Balaban J connectivity index is 0. The Labute approximate surface area is 200 Å². The zero-order valence-electron chi connectivity index (χ0n) is 17.2. The van der Waals surface area contributed by atoms with E-state index in [0.29, 0.717) is 10.9 Å². The summed E-state index contributed by atoms with van der Waals surface area (Å²) >= 11 is 0. The van der Waals surface area contributed by atoms with E-state index in [0.717, 1.165) is 11.8 Å². The Kier molecular flexibility index (Phi) is 7.14. The molecule has 1 atom stereocenters. The average molecular weight is 419 g/mol. The molecule has 26 heavy (non-hydrogen) atoms. The summed E-state index contributed by atoms with van der Waals surface area (Å²) < 4.78 is 65.5. The summed E-state index contributed by atoms with van der Waals surface area (Å²) in [5.41, 5.74) is 0.958. The van der Waals surface area contributed by atoms with Gasteiger partial charge >= 0.3 is 59.1 Å². The van der Waals surface area contributed by atoms with E-state index in [2.05, 4.69) is 5.32 Å². The van der Waals surface area contributed by atoms with Gasteiger partial charge in [0.2, 0.25) is 0 Å². The van der Waals surface area contributed by atoms with Crippen molar-refractivity contribution in [3.05, 3.63) is 29.8 Å². The van der Waals surface area contributed by atoms with Crippen molar-refractivity contribution in [2.45, 2.75) is 42.0 Å². The van der Waals surface area contributed by atoms with Crippen molar-refractivity contribution in [2.75, 3.05) is 5.32 Å². The maximum Gasteiger partial charge on any atom is 1.00 e. The van der Waals surface area contributed by atoms with E-state index in [1.807, 2.05) is 20.8 Å². The number of anilines is 1. The first-order chi connectivity index (χ1) is 10.8. The Morgan fingerprint density at radius 3 is 2.12 bits per heavy atom. The van der Waals surface area contributed by atoms with Crippen molar-refractivity contribution >= 4 is 36.7 Å². The molecule has 0 spiro atoms. The summed E-state index contributed by atoms with van der Waals surface area (Å²) in [5.74, 6) is 0. The molecule has 0 radical (unpaired) electrons. The second-order valence-electron chi connectivity index (χ2n) is 6.55. The van der Waals surface area contributed by atoms with Crippen LogP contribution in [0.25, 0.3) is 10.8 Å². The summed E-state index contributed by atoms with van der Waals surface area (Å²) in [6.45, 7) is 5.81. The molecular weight excluding hydrogens is 400 g/mol. The SMILES string of the molecule is CC1Nc2ccc3cc(S(=O)(=O)O)cc(S(=O)(=O)O)c3c2C1(C)C.[H-].[H-].[Na+].[Na+]. The maximum atomic E-state index is 11.9. The van der Waals surface area contributed by atoms with E-state index in [9.17, 15) is 25.9 Å². The third kappa shape index (κ3) is 4.03. The van der Waals surface area contributed by atoms with Crippen LogP contribution in [-0.4, -0.2) is 32.0 Å². The first-order valence-electron chi connectivity index (χ1n) is 7.16. The number of fused-ring (bicyclic) bond motifs is 3. The molecule has 0 aromatic heterocycles. The molecule has 1 heterocycles. The monoisotopic (exact) mass is 419 g/mol. The van der Waals surface area contributed by atoms with Gasteiger partial charge in [0.15, 0.2) is 0 Å². The van der Waals surface area contributed by atoms with Gasteiger partial charge < -0.3 is 8.17 Å². The minimum atomic E-state index is -4.70. The number of rotatable bonds is 2. The van der Waals surface area contributed by atoms with Crippen LogP contribution in [0.3, 0.4) is 0 Å². The number of hydrogen-bond donors (Lipinski definition) is 3. The minimum Gasteiger partial charge on any atom is -1.00 e. The van der Waals surface area contributed by atoms with E-state index in [4.69, 9.17) is 0 Å². The quantitative estimate of drug-likeness (QED) is 0.344. The van der Waals surface area contributed by atoms with Crippen LogP contribution in [0.2, 0.25) is 0 Å². The Morgan fingerprint density at radius 2 is 1.62 bits per heavy atom. The second-order valence-corrected chi connectivity index (χ2v) is 9.36. The van der Waals surface area contributed by atoms with Crippen LogP contribution in [-0.2, 0) is 25.7 Å². The van der Waals surface area contributed by atoms with Crippen molar-refractivity contribution in [1.82, 2.24) is 0 Å². The fourth-order valence-corrected chi connectivity index (χ4v) is 4.54. The van der Waals surface area contributed by atoms with Crippen molar-refractivity contribution in [1.29, 1.82) is 0 Å². The molecule has 0 amide bonds. The van der Waals surface area contributed by atoms with E-state index < -0.39 is 35.4 Å². The van der Waals surface area contributed by atoms with Gasteiger partial charge in [0.05, 0.1) is 4.90 Å². The van der Waals surface area contributed by atoms with Crippen molar-refractivity contribution in [3.63, 3.8) is 0 Å². The molecule has 11 heteroatoms. The summed E-state index contributed by atoms with van der Waals surface area (Å²) in [5, 5.41) is 3.82. The zero-order chi connectivity index (χ0) is 18.1. The van der Waals surface area contributed by atoms with Gasteiger partial charge in [-0.2, -0.15) is 16.8 Å². The number of nitrogens with one attached hydrogen (secondary N) is 1. The van der Waals surface area contributed by atoms with Crippen molar-refractivity contribution in [2.24, 2.45) is 0 Å². The molecule has 7 nitrogen and oxygen atoms in total. The largest absolute Gasteiger partial charge is 1.00 e. The Morgan fingerprint density at radius 1 is 1.04 bits per heavy atom. The predicted octanol–water partition coefficient (Wildman–Crippen LogP) is -3.34. The molecule has 0 bridgehead atoms. The van der Waals surface area contributed by atoms with Crippen LogP contribution >= 0.6 is 0 Å². The van der Waals surface area contributed by atoms with Gasteiger partial charge in [-0.3, -0.25) is 9.11 Å². The summed E-state index contributed by atoms with van der Waals surface area (Å²) in [7, 11) is -9.33. The minimum absolute atomic E-state index is 0. The Bertz CT molecular complexity index is 1090. The molecule has 2 aromatic rings. The fraction of sp³-hybridized carbons (Fsp3) is 0.333. The topological polar surface area (TPSA) is 121 Å². The van der Waals surface area contributed by atoms with E-state index >= 15 is 0 Å². The van der Waals surface area contributed by atoms with Crippen molar-refractivity contribution < 1.29 is 87.9 Å². The molecule has 0 aliphatic carbocycles. The summed E-state index contributed by atoms with van der Waals surface area (Å²) in [6.07, 6.45) is 0. The molecule has 1 unspecified atom stereocenters. The molecule has 3 N–H and O–H groups in total. The van der Waals surface area contributed by atoms with E-state index in [1.165, 1.54) is 6.07 Å². The zero-order valence-corrected chi connectivity index (χ0v) is 20.9. The van der Waals surface area contributed by atoms with Gasteiger partial charge in [0.1, 0.15) is 4.90 Å². The first-order valence-corrected chi connectivity index (χ1v) is 10.0. The second kappa shape index (κ2) is 7.62. The molecule has 3 rings (SSSR count). The predicted molar refractivity (Wildman–Crippen MR) is 91.9 cm³/mol. The standard InChI is InChI=1S/C15H17NO6S2.2Na.2H/c1-8-15(2,3)14-11(16-8)5-4-9-6-10(23(17,18)19)7-12(13(9)14)24(20,21)22;;;;/h4-8,16H,1-3H3,(H,17,18,19)(H,20,21,22);;;;/q;2*+1;2*-1. The van der Waals surface area contributed by atoms with Gasteiger partial charge in [-0.05, 0) is 36.1 Å². The van der Waals surface area contributed by atoms with Crippen molar-refractivity contribution in [3.8, 4) is 0 Å². The molecular formula is C15H19NNa2O6S2. The normalized spacial score (nSPS) is 18.4. The van der Waals surface area contributed by atoms with Crippen LogP contribution < -0.4 is 64.4 Å². The van der Waals surface area contributed by atoms with Crippen LogP contribution in [0, 0.1) is 0 Å². The van der Waals surface area contributed by atoms with Gasteiger partial charge in [-0.25, -0.2) is 0 Å². The smallest absolute Gasteiger partial charge is 1.00 e. The molecule has 0 saturated carbocycles. The van der Waals surface area contributed by atoms with Crippen LogP contribution in [0.15, 0.2) is 34.1 Å². The average Bonchev–Trinajstić information content (AvgIpc) is 2.66. The van der Waals surface area contributed by atoms with Crippen LogP contribution in [0.5, 0.6) is 0 Å². The number of benzene rings is 2. The molecule has 0 fully saturated rings. The molecule has 2 aromatic carbocycles. The Hall–Kier alpha value is 0.320. The third-order valence-corrected chi connectivity index (χ3v) is 6.44. The molecule has 134 valence electrons. The van der Waals surface area contributed by atoms with Gasteiger partial charge in [0, 0.05) is 22.5 Å². The first kappa shape index (κ1) is 24.4. The number of hydrogen-bond acceptors (Lipinski definition) is 5. The fourth-order valence-electron chi connectivity index (χ4n) is 3.17. The van der Waals surface area contributed by atoms with Crippen LogP contribution in [0.4, 0.5) is 5.69 Å². The molecule has 1 aliphatic heterocycles. The maximum absolute atomic E-state index is 11.9. The van der Waals surface area contributed by atoms with Gasteiger partial charge in [-0.15, -0.1) is 0 Å². The van der Waals surface area contributed by atoms with E-state index in [1.54, 1.807) is 12.1 Å². The third-order valence-electron chi connectivity index (χ3n) is 4.73. The van der Waals surface area contributed by atoms with E-state index in [-0.39, 0.29) is 73.4 Å². The van der Waals surface area contributed by atoms with Crippen LogP contribution in [0.1, 0.15) is 29.2 Å². The van der Waals surface area contributed by atoms with Gasteiger partial charge in [0.25, 0.3) is 20.2 Å². The molecule has 1 aliphatic rings. The molecule has 0 saturated heterocycles. The summed E-state index contributed by atoms with van der Waals surface area (Å²) in [6, 6.07) is 5.27.